The van der Waals surface area contributed by atoms with Crippen molar-refractivity contribution >= 4 is 41.9 Å². The number of hydrogen-bond acceptors (Lipinski definition) is 6. The van der Waals surface area contributed by atoms with Crippen LogP contribution in [-0.2, 0) is 19.5 Å². The monoisotopic (exact) mass is 540 g/mol. The predicted octanol–water partition coefficient (Wildman–Crippen LogP) is 2.07. The zero-order valence-corrected chi connectivity index (χ0v) is 19.6. The third-order valence-electron chi connectivity index (χ3n) is 4.95. The number of ether oxygens (including phenoxy) is 2. The van der Waals surface area contributed by atoms with E-state index >= 15 is 0 Å². The molecule has 2 heterocycles. The van der Waals surface area contributed by atoms with Crippen molar-refractivity contribution in [2.24, 2.45) is 0 Å². The van der Waals surface area contributed by atoms with Gasteiger partial charge in [0.1, 0.15) is 0 Å². The maximum absolute atomic E-state index is 12.9. The number of rotatable bonds is 8. The molecule has 0 aliphatic carbocycles. The molecule has 1 N–H and O–H groups in total. The molecule has 2 aliphatic heterocycles. The zero-order chi connectivity index (χ0) is 20.1. The molecule has 0 amide bonds. The molecule has 2 aliphatic rings. The van der Waals surface area contributed by atoms with Gasteiger partial charge in [0.15, 0.2) is 0 Å². The van der Waals surface area contributed by atoms with Crippen LogP contribution in [0.1, 0.15) is 12.8 Å². The van der Waals surface area contributed by atoms with Crippen LogP contribution in [0.5, 0.6) is 0 Å². The van der Waals surface area contributed by atoms with Crippen LogP contribution in [0.4, 0.5) is 0 Å². The largest absolute Gasteiger partial charge is 0.389 e. The van der Waals surface area contributed by atoms with Crippen molar-refractivity contribution in [2.75, 3.05) is 52.5 Å². The standard InChI is InChI=1S/C18H26Br2N2O5S/c19-14-3-4-17(20)18(10-14)28(24,25)22-7-5-21(6-8-22)11-15(23)12-26-13-16-2-1-9-27-16/h3-4,10,15-16,23H,1-2,5-9,11-13H2/t15-,16+/m1/s1. The summed E-state index contributed by atoms with van der Waals surface area (Å²) in [4.78, 5) is 2.33. The van der Waals surface area contributed by atoms with Gasteiger partial charge in [-0.2, -0.15) is 4.31 Å². The number of aliphatic hydroxyl groups is 1. The molecule has 0 unspecified atom stereocenters. The van der Waals surface area contributed by atoms with Crippen molar-refractivity contribution in [3.63, 3.8) is 0 Å². The van der Waals surface area contributed by atoms with Crippen LogP contribution >= 0.6 is 31.9 Å². The number of hydrogen-bond donors (Lipinski definition) is 1. The summed E-state index contributed by atoms with van der Waals surface area (Å²) < 4.78 is 39.7. The number of benzene rings is 1. The van der Waals surface area contributed by atoms with Gasteiger partial charge in [0.05, 0.1) is 30.3 Å². The van der Waals surface area contributed by atoms with Crippen LogP contribution < -0.4 is 0 Å². The van der Waals surface area contributed by atoms with Gasteiger partial charge in [-0.3, -0.25) is 4.90 Å². The second-order valence-electron chi connectivity index (χ2n) is 7.11. The number of halogens is 2. The summed E-state index contributed by atoms with van der Waals surface area (Å²) in [6, 6.07) is 5.13. The van der Waals surface area contributed by atoms with Crippen LogP contribution in [0.25, 0.3) is 0 Å². The fraction of sp³-hybridized carbons (Fsp3) is 0.667. The summed E-state index contributed by atoms with van der Waals surface area (Å²) in [5.74, 6) is 0. The summed E-state index contributed by atoms with van der Waals surface area (Å²) in [6.07, 6.45) is 1.64. The van der Waals surface area contributed by atoms with Crippen molar-refractivity contribution in [2.45, 2.75) is 29.9 Å². The first-order valence-electron chi connectivity index (χ1n) is 9.41. The van der Waals surface area contributed by atoms with Crippen molar-refractivity contribution in [3.05, 3.63) is 27.1 Å². The van der Waals surface area contributed by atoms with Gasteiger partial charge in [-0.05, 0) is 47.0 Å². The molecule has 0 bridgehead atoms. The van der Waals surface area contributed by atoms with E-state index < -0.39 is 16.1 Å². The molecule has 0 aromatic heterocycles. The minimum atomic E-state index is -3.56. The first-order valence-corrected chi connectivity index (χ1v) is 12.4. The number of β-amino-alcohol motifs (C(OH)–C–C–N with tert-alkyl or cyclic N) is 1. The normalized spacial score (nSPS) is 23.2. The van der Waals surface area contributed by atoms with E-state index in [0.29, 0.717) is 43.8 Å². The van der Waals surface area contributed by atoms with Gasteiger partial charge in [0.2, 0.25) is 10.0 Å². The second-order valence-corrected chi connectivity index (χ2v) is 10.8. The van der Waals surface area contributed by atoms with Crippen LogP contribution in [0.3, 0.4) is 0 Å². The van der Waals surface area contributed by atoms with Gasteiger partial charge in [0, 0.05) is 48.3 Å². The molecule has 0 saturated carbocycles. The molecule has 10 heteroatoms. The second kappa shape index (κ2) is 10.3. The quantitative estimate of drug-likeness (QED) is 0.543. The SMILES string of the molecule is O=S(=O)(c1cc(Br)ccc1Br)N1CCN(C[C@@H](O)COC[C@@H]2CCCO2)CC1. The molecule has 158 valence electrons. The van der Waals surface area contributed by atoms with Gasteiger partial charge >= 0.3 is 0 Å². The zero-order valence-electron chi connectivity index (χ0n) is 15.6. The molecule has 0 spiro atoms. The van der Waals surface area contributed by atoms with Crippen LogP contribution in [-0.4, -0.2) is 87.5 Å². The molecule has 2 saturated heterocycles. The molecule has 1 aromatic rings. The van der Waals surface area contributed by atoms with Crippen molar-refractivity contribution in [3.8, 4) is 0 Å². The fourth-order valence-electron chi connectivity index (χ4n) is 3.43. The lowest BCUT2D eigenvalue weighted by Gasteiger charge is -2.35. The Bertz CT molecular complexity index is 750. The summed E-state index contributed by atoms with van der Waals surface area (Å²) in [5.41, 5.74) is 0. The van der Waals surface area contributed by atoms with E-state index in [2.05, 4.69) is 36.8 Å². The van der Waals surface area contributed by atoms with Crippen molar-refractivity contribution in [1.29, 1.82) is 0 Å². The fourth-order valence-corrected chi connectivity index (χ4v) is 6.31. The number of sulfonamides is 1. The Kier molecular flexibility index (Phi) is 8.32. The highest BCUT2D eigenvalue weighted by molar-refractivity contribution is 9.11. The maximum atomic E-state index is 12.9. The van der Waals surface area contributed by atoms with E-state index in [1.807, 2.05) is 0 Å². The summed E-state index contributed by atoms with van der Waals surface area (Å²) in [5, 5.41) is 10.2. The Morgan fingerprint density at radius 1 is 1.25 bits per heavy atom. The lowest BCUT2D eigenvalue weighted by atomic mass is 10.2. The Labute approximate surface area is 183 Å². The summed E-state index contributed by atoms with van der Waals surface area (Å²) in [7, 11) is -3.56. The predicted molar refractivity (Wildman–Crippen MR) is 113 cm³/mol. The van der Waals surface area contributed by atoms with Crippen LogP contribution in [0.2, 0.25) is 0 Å². The van der Waals surface area contributed by atoms with Crippen LogP contribution in [0.15, 0.2) is 32.0 Å². The Morgan fingerprint density at radius 2 is 2.00 bits per heavy atom. The van der Waals surface area contributed by atoms with E-state index in [1.165, 1.54) is 4.31 Å². The Morgan fingerprint density at radius 3 is 2.68 bits per heavy atom. The lowest BCUT2D eigenvalue weighted by molar-refractivity contribution is -0.0270. The third-order valence-corrected chi connectivity index (χ3v) is 8.34. The van der Waals surface area contributed by atoms with Gasteiger partial charge in [-0.15, -0.1) is 0 Å². The maximum Gasteiger partial charge on any atom is 0.244 e. The van der Waals surface area contributed by atoms with E-state index in [4.69, 9.17) is 9.47 Å². The van der Waals surface area contributed by atoms with Gasteiger partial charge in [-0.25, -0.2) is 8.42 Å². The van der Waals surface area contributed by atoms with Gasteiger partial charge in [-0.1, -0.05) is 15.9 Å². The molecule has 0 radical (unpaired) electrons. The molecule has 2 atom stereocenters. The average Bonchev–Trinajstić information content (AvgIpc) is 3.17. The topological polar surface area (TPSA) is 79.3 Å². The third kappa shape index (κ3) is 5.98. The van der Waals surface area contributed by atoms with E-state index in [-0.39, 0.29) is 17.6 Å². The highest BCUT2D eigenvalue weighted by atomic mass is 79.9. The first kappa shape index (κ1) is 22.6. The smallest absolute Gasteiger partial charge is 0.244 e. The number of aliphatic hydroxyl groups excluding tert-OH is 1. The minimum Gasteiger partial charge on any atom is -0.389 e. The van der Waals surface area contributed by atoms with Gasteiger partial charge in [0.25, 0.3) is 0 Å². The van der Waals surface area contributed by atoms with Crippen molar-refractivity contribution < 1.29 is 23.0 Å². The van der Waals surface area contributed by atoms with E-state index in [0.717, 1.165) is 23.9 Å². The molecular formula is C18H26Br2N2O5S. The average molecular weight is 542 g/mol. The molecule has 1 aromatic carbocycles. The van der Waals surface area contributed by atoms with Crippen LogP contribution in [0, 0.1) is 0 Å². The van der Waals surface area contributed by atoms with Crippen molar-refractivity contribution in [1.82, 2.24) is 9.21 Å². The highest BCUT2D eigenvalue weighted by Crippen LogP contribution is 2.28. The molecule has 7 nitrogen and oxygen atoms in total. The molecular weight excluding hydrogens is 516 g/mol. The minimum absolute atomic E-state index is 0.151. The summed E-state index contributed by atoms with van der Waals surface area (Å²) >= 11 is 6.66. The number of piperazine rings is 1. The number of nitrogens with zero attached hydrogens (tertiary/aromatic N) is 2. The molecule has 3 rings (SSSR count). The Balaban J connectivity index is 1.45. The summed E-state index contributed by atoms with van der Waals surface area (Å²) in [6.45, 7) is 3.99. The molecule has 2 fully saturated rings. The Hall–Kier alpha value is -0.0700. The van der Waals surface area contributed by atoms with E-state index in [1.54, 1.807) is 18.2 Å². The first-order chi connectivity index (χ1) is 13.4. The molecule has 28 heavy (non-hydrogen) atoms. The van der Waals surface area contributed by atoms with E-state index in [9.17, 15) is 13.5 Å². The highest BCUT2D eigenvalue weighted by Gasteiger charge is 2.30. The lowest BCUT2D eigenvalue weighted by Crippen LogP contribution is -2.50. The van der Waals surface area contributed by atoms with Gasteiger partial charge < -0.3 is 14.6 Å².